The number of benzene rings is 3. The number of rotatable bonds is 8. The molecule has 3 aromatic rings. The summed E-state index contributed by atoms with van der Waals surface area (Å²) in [5.74, 6) is -0.760. The first-order valence-corrected chi connectivity index (χ1v) is 19.9. The fourth-order valence-corrected chi connectivity index (χ4v) is 9.69. The van der Waals surface area contributed by atoms with Gasteiger partial charge in [0.1, 0.15) is 24.0 Å². The fraction of sp³-hybridized carbons (Fsp3) is 0.429. The third kappa shape index (κ3) is 6.64. The van der Waals surface area contributed by atoms with Gasteiger partial charge in [0.15, 0.2) is 0 Å². The number of piperidine rings is 2. The van der Waals surface area contributed by atoms with Gasteiger partial charge in [-0.1, -0.05) is 11.6 Å². The molecule has 0 saturated carbocycles. The highest BCUT2D eigenvalue weighted by molar-refractivity contribution is 6.31. The standard InChI is InChI=1S/C42H42ClN7O6/c43-36-20-32(9-3-27(36)21-44)56-33-17-30-6-7-31(18-33)49(30)40(53)26-1-4-28(5-2-26)47-15-13-46(14-16-47)22-25-23-48(24-25)29-8-10-34-35(19-29)42(55)50(41(34)54)37-11-12-38(51)45-39(37)52/h1-5,8-10,19-20,25,30-31,33,37H,6-7,11-18,22-24H2,(H,45,51,52)/t30-,31+,33?,37?. The number of nitrogens with zero attached hydrogens (tertiary/aromatic N) is 6. The molecule has 9 rings (SSSR count). The van der Waals surface area contributed by atoms with E-state index in [0.717, 1.165) is 87.8 Å². The third-order valence-electron chi connectivity index (χ3n) is 12.4. The Hall–Kier alpha value is -5.45. The molecule has 0 spiro atoms. The van der Waals surface area contributed by atoms with Crippen molar-refractivity contribution in [2.45, 2.75) is 62.8 Å². The second-order valence-corrected chi connectivity index (χ2v) is 16.3. The molecule has 14 heteroatoms. The van der Waals surface area contributed by atoms with Crippen LogP contribution in [-0.2, 0) is 9.59 Å². The van der Waals surface area contributed by atoms with E-state index in [1.54, 1.807) is 30.3 Å². The molecule has 4 atom stereocenters. The van der Waals surface area contributed by atoms with Crippen LogP contribution in [0.3, 0.4) is 0 Å². The molecule has 3 aromatic carbocycles. The van der Waals surface area contributed by atoms with Gasteiger partial charge < -0.3 is 19.4 Å². The zero-order valence-corrected chi connectivity index (χ0v) is 31.6. The van der Waals surface area contributed by atoms with Crippen molar-refractivity contribution < 1.29 is 28.7 Å². The number of carbonyl (C=O) groups excluding carboxylic acids is 5. The van der Waals surface area contributed by atoms with Crippen molar-refractivity contribution in [1.29, 1.82) is 5.26 Å². The number of hydrogen-bond donors (Lipinski definition) is 1. The predicted molar refractivity (Wildman–Crippen MR) is 207 cm³/mol. The molecule has 0 radical (unpaired) electrons. The van der Waals surface area contributed by atoms with Crippen LogP contribution in [0.4, 0.5) is 11.4 Å². The Kier molecular flexibility index (Phi) is 9.42. The highest BCUT2D eigenvalue weighted by Gasteiger charge is 2.46. The number of piperazine rings is 1. The summed E-state index contributed by atoms with van der Waals surface area (Å²) in [6, 6.07) is 19.9. The largest absolute Gasteiger partial charge is 0.490 e. The fourth-order valence-electron chi connectivity index (χ4n) is 9.48. The van der Waals surface area contributed by atoms with Crippen molar-refractivity contribution in [3.63, 3.8) is 0 Å². The summed E-state index contributed by atoms with van der Waals surface area (Å²) < 4.78 is 6.26. The van der Waals surface area contributed by atoms with Gasteiger partial charge in [-0.25, -0.2) is 0 Å². The normalized spacial score (nSPS) is 25.2. The summed E-state index contributed by atoms with van der Waals surface area (Å²) >= 11 is 6.22. The Morgan fingerprint density at radius 1 is 0.821 bits per heavy atom. The van der Waals surface area contributed by atoms with Gasteiger partial charge in [-0.15, -0.1) is 0 Å². The number of nitriles is 1. The maximum atomic E-state index is 13.8. The van der Waals surface area contributed by atoms with Crippen molar-refractivity contribution in [1.82, 2.24) is 20.0 Å². The van der Waals surface area contributed by atoms with Crippen molar-refractivity contribution >= 4 is 52.5 Å². The van der Waals surface area contributed by atoms with Crippen molar-refractivity contribution in [2.75, 3.05) is 55.6 Å². The number of amides is 5. The highest BCUT2D eigenvalue weighted by atomic mass is 35.5. The first kappa shape index (κ1) is 36.2. The van der Waals surface area contributed by atoms with Crippen LogP contribution in [0.2, 0.25) is 5.02 Å². The lowest BCUT2D eigenvalue weighted by Gasteiger charge is -2.45. The van der Waals surface area contributed by atoms with E-state index >= 15 is 0 Å². The molecule has 0 aromatic heterocycles. The smallest absolute Gasteiger partial charge is 0.262 e. The molecule has 2 unspecified atom stereocenters. The van der Waals surface area contributed by atoms with Crippen LogP contribution in [0.5, 0.6) is 5.75 Å². The topological polar surface area (TPSA) is 147 Å². The second-order valence-electron chi connectivity index (χ2n) is 15.8. The lowest BCUT2D eigenvalue weighted by molar-refractivity contribution is -0.136. The summed E-state index contributed by atoms with van der Waals surface area (Å²) in [5.41, 5.74) is 3.73. The van der Waals surface area contributed by atoms with Gasteiger partial charge in [-0.05, 0) is 73.9 Å². The number of carbonyl (C=O) groups is 5. The van der Waals surface area contributed by atoms with Crippen LogP contribution < -0.4 is 19.9 Å². The van der Waals surface area contributed by atoms with Gasteiger partial charge >= 0.3 is 0 Å². The van der Waals surface area contributed by atoms with Crippen LogP contribution in [0, 0.1) is 17.2 Å². The Balaban J connectivity index is 0.735. The van der Waals surface area contributed by atoms with Crippen LogP contribution in [0.1, 0.15) is 75.2 Å². The molecule has 288 valence electrons. The number of hydrogen-bond acceptors (Lipinski definition) is 10. The van der Waals surface area contributed by atoms with Crippen LogP contribution in [0.15, 0.2) is 60.7 Å². The van der Waals surface area contributed by atoms with E-state index in [1.165, 1.54) is 0 Å². The van der Waals surface area contributed by atoms with Gasteiger partial charge in [0.05, 0.1) is 21.7 Å². The monoisotopic (exact) mass is 775 g/mol. The molecular formula is C42H42ClN7O6. The number of halogens is 1. The van der Waals surface area contributed by atoms with E-state index in [4.69, 9.17) is 21.6 Å². The van der Waals surface area contributed by atoms with Crippen molar-refractivity contribution in [3.8, 4) is 11.8 Å². The average molecular weight is 776 g/mol. The number of ether oxygens (including phenoxy) is 1. The molecule has 6 aliphatic rings. The second kappa shape index (κ2) is 14.6. The molecule has 13 nitrogen and oxygen atoms in total. The zero-order chi connectivity index (χ0) is 38.7. The first-order chi connectivity index (χ1) is 27.1. The maximum absolute atomic E-state index is 13.8. The summed E-state index contributed by atoms with van der Waals surface area (Å²) in [6.45, 7) is 6.37. The number of imide groups is 2. The third-order valence-corrected chi connectivity index (χ3v) is 12.7. The van der Waals surface area contributed by atoms with Crippen LogP contribution in [-0.4, -0.2) is 114 Å². The maximum Gasteiger partial charge on any atom is 0.262 e. The minimum atomic E-state index is -0.971. The van der Waals surface area contributed by atoms with Crippen LogP contribution >= 0.6 is 11.6 Å². The summed E-state index contributed by atoms with van der Waals surface area (Å²) in [7, 11) is 0. The molecule has 6 aliphatic heterocycles. The molecule has 1 N–H and O–H groups in total. The zero-order valence-electron chi connectivity index (χ0n) is 30.9. The number of anilines is 2. The Labute approximate surface area is 329 Å². The predicted octanol–water partition coefficient (Wildman–Crippen LogP) is 4.09. The molecule has 5 amide bonds. The molecule has 56 heavy (non-hydrogen) atoms. The van der Waals surface area contributed by atoms with E-state index in [-0.39, 0.29) is 36.9 Å². The molecule has 6 heterocycles. The van der Waals surface area contributed by atoms with Crippen molar-refractivity contribution in [3.05, 3.63) is 87.9 Å². The quantitative estimate of drug-likeness (QED) is 0.332. The lowest BCUT2D eigenvalue weighted by atomic mass is 9.97. The van der Waals surface area contributed by atoms with Gasteiger partial charge in [0.25, 0.3) is 17.7 Å². The highest BCUT2D eigenvalue weighted by Crippen LogP contribution is 2.39. The van der Waals surface area contributed by atoms with E-state index in [9.17, 15) is 24.0 Å². The SMILES string of the molecule is N#Cc1ccc(OC2C[C@H]3CC[C@@H](C2)N3C(=O)c2ccc(N3CCN(CC4CN(c5ccc6c(c5)C(=O)N(C5CCC(=O)NC5=O)C6=O)C4)CC3)cc2)cc1Cl. The molecule has 5 fully saturated rings. The summed E-state index contributed by atoms with van der Waals surface area (Å²) in [5, 5.41) is 11.8. The van der Waals surface area contributed by atoms with E-state index < -0.39 is 29.7 Å². The molecule has 5 saturated heterocycles. The van der Waals surface area contributed by atoms with Crippen LogP contribution in [0.25, 0.3) is 0 Å². The van der Waals surface area contributed by atoms with E-state index in [0.29, 0.717) is 38.9 Å². The first-order valence-electron chi connectivity index (χ1n) is 19.5. The number of nitrogens with one attached hydrogen (secondary N) is 1. The minimum Gasteiger partial charge on any atom is -0.490 e. The van der Waals surface area contributed by atoms with E-state index in [2.05, 4.69) is 43.1 Å². The molecular weight excluding hydrogens is 734 g/mol. The van der Waals surface area contributed by atoms with Gasteiger partial charge in [-0.3, -0.25) is 39.1 Å². The van der Waals surface area contributed by atoms with Gasteiger partial charge in [0, 0.05) is 106 Å². The summed E-state index contributed by atoms with van der Waals surface area (Å²) in [6.07, 6.45) is 3.70. The lowest BCUT2D eigenvalue weighted by Crippen LogP contribution is -2.55. The Morgan fingerprint density at radius 3 is 2.20 bits per heavy atom. The Morgan fingerprint density at radius 2 is 1.52 bits per heavy atom. The molecule has 0 aliphatic carbocycles. The molecule has 2 bridgehead atoms. The van der Waals surface area contributed by atoms with Gasteiger partial charge in [0.2, 0.25) is 11.8 Å². The minimum absolute atomic E-state index is 0.00354. The number of fused-ring (bicyclic) bond motifs is 3. The van der Waals surface area contributed by atoms with Crippen molar-refractivity contribution in [2.24, 2.45) is 5.92 Å². The van der Waals surface area contributed by atoms with E-state index in [1.807, 2.05) is 18.2 Å². The summed E-state index contributed by atoms with van der Waals surface area (Å²) in [4.78, 5) is 74.3. The van der Waals surface area contributed by atoms with Gasteiger partial charge in [-0.2, -0.15) is 5.26 Å². The Bertz CT molecular complexity index is 2140. The average Bonchev–Trinajstić information content (AvgIpc) is 3.59.